The summed E-state index contributed by atoms with van der Waals surface area (Å²) in [6.07, 6.45) is 1.74. The van der Waals surface area contributed by atoms with Gasteiger partial charge in [0.1, 0.15) is 0 Å². The van der Waals surface area contributed by atoms with Crippen LogP contribution in [0.1, 0.15) is 26.7 Å². The summed E-state index contributed by atoms with van der Waals surface area (Å²) in [5.74, 6) is -0.104. The number of amides is 3. The van der Waals surface area contributed by atoms with E-state index in [1.54, 1.807) is 0 Å². The summed E-state index contributed by atoms with van der Waals surface area (Å²) in [6, 6.07) is -0.616. The Morgan fingerprint density at radius 1 is 1.46 bits per heavy atom. The zero-order chi connectivity index (χ0) is 10.3. The molecular weight excluding hydrogens is 170 g/mol. The van der Waals surface area contributed by atoms with Crippen molar-refractivity contribution in [1.29, 1.82) is 0 Å². The van der Waals surface area contributed by atoms with Gasteiger partial charge in [-0.2, -0.15) is 0 Å². The summed E-state index contributed by atoms with van der Waals surface area (Å²) in [7, 11) is 0. The molecule has 0 radical (unpaired) electrons. The largest absolute Gasteiger partial charge is 0.354 e. The van der Waals surface area contributed by atoms with Crippen LogP contribution < -0.4 is 16.4 Å². The fraction of sp³-hybridized carbons (Fsp3) is 0.750. The molecule has 0 aromatic carbocycles. The molecule has 0 aliphatic heterocycles. The van der Waals surface area contributed by atoms with E-state index in [2.05, 4.69) is 10.6 Å². The van der Waals surface area contributed by atoms with Gasteiger partial charge in [-0.05, 0) is 6.42 Å². The van der Waals surface area contributed by atoms with E-state index in [1.165, 1.54) is 6.92 Å². The Hall–Kier alpha value is -1.26. The van der Waals surface area contributed by atoms with E-state index < -0.39 is 6.03 Å². The number of carbonyl (C=O) groups is 2. The number of nitrogens with two attached hydrogens (primary N) is 1. The predicted octanol–water partition coefficient (Wildman–Crippen LogP) is -0.0405. The highest BCUT2D eigenvalue weighted by Gasteiger charge is 2.08. The minimum Gasteiger partial charge on any atom is -0.354 e. The molecule has 0 aliphatic rings. The first-order valence-electron chi connectivity index (χ1n) is 4.36. The lowest BCUT2D eigenvalue weighted by Crippen LogP contribution is -2.45. The lowest BCUT2D eigenvalue weighted by molar-refractivity contribution is -0.119. The molecule has 0 spiro atoms. The Morgan fingerprint density at radius 2 is 2.08 bits per heavy atom. The van der Waals surface area contributed by atoms with Gasteiger partial charge in [0.25, 0.3) is 0 Å². The first kappa shape index (κ1) is 11.7. The molecule has 0 heterocycles. The molecule has 0 rings (SSSR count). The van der Waals surface area contributed by atoms with Gasteiger partial charge in [0.2, 0.25) is 5.91 Å². The molecule has 0 aliphatic carbocycles. The number of urea groups is 1. The van der Waals surface area contributed by atoms with Crippen LogP contribution in [-0.4, -0.2) is 24.5 Å². The lowest BCUT2D eigenvalue weighted by Gasteiger charge is -2.16. The number of rotatable bonds is 5. The highest BCUT2D eigenvalue weighted by Crippen LogP contribution is 1.94. The third-order valence-corrected chi connectivity index (χ3v) is 1.58. The fourth-order valence-electron chi connectivity index (χ4n) is 1.04. The maximum absolute atomic E-state index is 10.6. The first-order valence-corrected chi connectivity index (χ1v) is 4.36. The molecule has 13 heavy (non-hydrogen) atoms. The summed E-state index contributed by atoms with van der Waals surface area (Å²) in [5.41, 5.74) is 4.97. The molecule has 0 aromatic heterocycles. The van der Waals surface area contributed by atoms with Crippen LogP contribution in [0.15, 0.2) is 0 Å². The monoisotopic (exact) mass is 187 g/mol. The number of primary amides is 1. The summed E-state index contributed by atoms with van der Waals surface area (Å²) in [5, 5.41) is 5.19. The van der Waals surface area contributed by atoms with Gasteiger partial charge in [0, 0.05) is 19.5 Å². The zero-order valence-electron chi connectivity index (χ0n) is 8.09. The van der Waals surface area contributed by atoms with E-state index >= 15 is 0 Å². The fourth-order valence-corrected chi connectivity index (χ4v) is 1.04. The first-order chi connectivity index (χ1) is 6.06. The summed E-state index contributed by atoms with van der Waals surface area (Å²) in [4.78, 5) is 21.1. The molecule has 0 saturated carbocycles. The molecule has 5 heteroatoms. The summed E-state index contributed by atoms with van der Waals surface area (Å²) in [6.45, 7) is 3.88. The molecule has 0 bridgehead atoms. The van der Waals surface area contributed by atoms with E-state index in [9.17, 15) is 9.59 Å². The van der Waals surface area contributed by atoms with E-state index in [-0.39, 0.29) is 11.9 Å². The normalized spacial score (nSPS) is 11.8. The molecule has 0 saturated heterocycles. The van der Waals surface area contributed by atoms with Crippen molar-refractivity contribution in [1.82, 2.24) is 10.6 Å². The van der Waals surface area contributed by atoms with E-state index in [0.717, 1.165) is 12.8 Å². The van der Waals surface area contributed by atoms with Crippen molar-refractivity contribution in [3.8, 4) is 0 Å². The van der Waals surface area contributed by atoms with Crippen LogP contribution in [0.5, 0.6) is 0 Å². The highest BCUT2D eigenvalue weighted by atomic mass is 16.2. The number of hydrogen-bond acceptors (Lipinski definition) is 2. The van der Waals surface area contributed by atoms with Crippen molar-refractivity contribution < 1.29 is 9.59 Å². The second-order valence-electron chi connectivity index (χ2n) is 2.93. The average molecular weight is 187 g/mol. The Kier molecular flexibility index (Phi) is 5.67. The molecular formula is C8H17N3O2. The summed E-state index contributed by atoms with van der Waals surface area (Å²) < 4.78 is 0. The van der Waals surface area contributed by atoms with Crippen LogP contribution in [0.25, 0.3) is 0 Å². The van der Waals surface area contributed by atoms with Crippen LogP contribution >= 0.6 is 0 Å². The zero-order valence-corrected chi connectivity index (χ0v) is 8.09. The van der Waals surface area contributed by atoms with Crippen molar-refractivity contribution in [2.75, 3.05) is 6.54 Å². The quantitative estimate of drug-likeness (QED) is 0.564. The third kappa shape index (κ3) is 7.11. The van der Waals surface area contributed by atoms with E-state index in [1.807, 2.05) is 6.92 Å². The van der Waals surface area contributed by atoms with E-state index in [4.69, 9.17) is 5.73 Å². The maximum Gasteiger partial charge on any atom is 0.312 e. The smallest absolute Gasteiger partial charge is 0.312 e. The molecule has 76 valence electrons. The number of hydrogen-bond donors (Lipinski definition) is 3. The van der Waals surface area contributed by atoms with Crippen LogP contribution in [-0.2, 0) is 4.79 Å². The van der Waals surface area contributed by atoms with Gasteiger partial charge in [-0.15, -0.1) is 0 Å². The number of carbonyl (C=O) groups excluding carboxylic acids is 2. The van der Waals surface area contributed by atoms with Gasteiger partial charge in [0.15, 0.2) is 0 Å². The van der Waals surface area contributed by atoms with Crippen LogP contribution in [0, 0.1) is 0 Å². The topological polar surface area (TPSA) is 84.2 Å². The standard InChI is InChI=1S/C8H17N3O2/c1-3-4-7(11-8(9)13)5-10-6(2)12/h7H,3-5H2,1-2H3,(H,10,12)(H3,9,11,13)/t7-/m1/s1. The molecule has 3 amide bonds. The van der Waals surface area contributed by atoms with Crippen LogP contribution in [0.4, 0.5) is 4.79 Å². The Labute approximate surface area is 78.1 Å². The Morgan fingerprint density at radius 3 is 2.46 bits per heavy atom. The molecule has 5 nitrogen and oxygen atoms in total. The maximum atomic E-state index is 10.6. The van der Waals surface area contributed by atoms with Gasteiger partial charge in [-0.3, -0.25) is 4.79 Å². The molecule has 0 unspecified atom stereocenters. The molecule has 4 N–H and O–H groups in total. The van der Waals surface area contributed by atoms with Gasteiger partial charge >= 0.3 is 6.03 Å². The third-order valence-electron chi connectivity index (χ3n) is 1.58. The highest BCUT2D eigenvalue weighted by molar-refractivity contribution is 5.73. The lowest BCUT2D eigenvalue weighted by atomic mass is 10.1. The second kappa shape index (κ2) is 6.28. The number of nitrogens with one attached hydrogen (secondary N) is 2. The van der Waals surface area contributed by atoms with Gasteiger partial charge < -0.3 is 16.4 Å². The second-order valence-corrected chi connectivity index (χ2v) is 2.93. The van der Waals surface area contributed by atoms with Crippen molar-refractivity contribution in [3.05, 3.63) is 0 Å². The van der Waals surface area contributed by atoms with Crippen LogP contribution in [0.2, 0.25) is 0 Å². The minimum absolute atomic E-state index is 0.0635. The van der Waals surface area contributed by atoms with Crippen molar-refractivity contribution >= 4 is 11.9 Å². The molecule has 0 fully saturated rings. The minimum atomic E-state index is -0.552. The average Bonchev–Trinajstić information content (AvgIpc) is 1.99. The van der Waals surface area contributed by atoms with Crippen molar-refractivity contribution in [2.45, 2.75) is 32.7 Å². The SMILES string of the molecule is CCC[C@H](CNC(C)=O)NC(N)=O. The molecule has 0 aromatic rings. The van der Waals surface area contributed by atoms with Gasteiger partial charge in [-0.25, -0.2) is 4.79 Å². The molecule has 1 atom stereocenters. The predicted molar refractivity (Wildman–Crippen MR) is 50.1 cm³/mol. The van der Waals surface area contributed by atoms with E-state index in [0.29, 0.717) is 6.54 Å². The van der Waals surface area contributed by atoms with Crippen molar-refractivity contribution in [3.63, 3.8) is 0 Å². The summed E-state index contributed by atoms with van der Waals surface area (Å²) >= 11 is 0. The van der Waals surface area contributed by atoms with Crippen molar-refractivity contribution in [2.24, 2.45) is 5.73 Å². The Balaban J connectivity index is 3.79. The van der Waals surface area contributed by atoms with Crippen LogP contribution in [0.3, 0.4) is 0 Å². The van der Waals surface area contributed by atoms with Gasteiger partial charge in [0.05, 0.1) is 0 Å². The Bertz CT molecular complexity index is 182. The van der Waals surface area contributed by atoms with Gasteiger partial charge in [-0.1, -0.05) is 13.3 Å².